The predicted molar refractivity (Wildman–Crippen MR) is 72.6 cm³/mol. The lowest BCUT2D eigenvalue weighted by atomic mass is 10.1. The highest BCUT2D eigenvalue weighted by molar-refractivity contribution is 5.93. The number of carboxylic acid groups (broad SMARTS) is 1. The zero-order valence-electron chi connectivity index (χ0n) is 11.2. The van der Waals surface area contributed by atoms with Crippen LogP contribution in [0.15, 0.2) is 18.2 Å². The zero-order valence-corrected chi connectivity index (χ0v) is 11.2. The van der Waals surface area contributed by atoms with Crippen LogP contribution >= 0.6 is 0 Å². The molecule has 3 N–H and O–H groups in total. The van der Waals surface area contributed by atoms with E-state index in [-0.39, 0.29) is 17.8 Å². The number of rotatable bonds is 5. The van der Waals surface area contributed by atoms with Gasteiger partial charge >= 0.3 is 5.97 Å². The Morgan fingerprint density at radius 2 is 2.19 bits per heavy atom. The van der Waals surface area contributed by atoms with Crippen LogP contribution in [0.4, 0.5) is 5.69 Å². The highest BCUT2D eigenvalue weighted by Crippen LogP contribution is 2.25. The van der Waals surface area contributed by atoms with Gasteiger partial charge in [-0.1, -0.05) is 6.07 Å². The molecule has 112 valence electrons. The Morgan fingerprint density at radius 3 is 2.71 bits per heavy atom. The number of hydrogen-bond donors (Lipinski definition) is 2. The second-order valence-electron chi connectivity index (χ2n) is 5.02. The van der Waals surface area contributed by atoms with Crippen molar-refractivity contribution in [3.8, 4) is 0 Å². The molecule has 0 aliphatic carbocycles. The Kier molecular flexibility index (Phi) is 4.18. The first-order valence-corrected chi connectivity index (χ1v) is 6.40. The predicted octanol–water partition coefficient (Wildman–Crippen LogP) is 0.600. The number of primary amides is 1. The van der Waals surface area contributed by atoms with E-state index in [2.05, 4.69) is 0 Å². The average Bonchev–Trinajstić information content (AvgIpc) is 2.87. The van der Waals surface area contributed by atoms with Gasteiger partial charge in [-0.05, 0) is 19.0 Å². The first-order chi connectivity index (χ1) is 9.88. The number of carboxylic acids is 1. The average molecular weight is 293 g/mol. The second-order valence-corrected chi connectivity index (χ2v) is 5.02. The molecule has 0 radical (unpaired) electrons. The molecule has 1 amide bonds. The SMILES string of the molecule is NC(=O)c1ccc(CN2CCC(C(=O)O)C2)c([N+](=O)[O-])c1. The summed E-state index contributed by atoms with van der Waals surface area (Å²) in [5, 5.41) is 20.0. The van der Waals surface area contributed by atoms with Gasteiger partial charge in [-0.25, -0.2) is 0 Å². The van der Waals surface area contributed by atoms with Crippen molar-refractivity contribution in [2.75, 3.05) is 13.1 Å². The molecule has 1 fully saturated rings. The molecule has 0 aromatic heterocycles. The third-order valence-corrected chi connectivity index (χ3v) is 3.58. The monoisotopic (exact) mass is 293 g/mol. The maximum atomic E-state index is 11.1. The zero-order chi connectivity index (χ0) is 15.6. The van der Waals surface area contributed by atoms with Crippen LogP contribution in [0.5, 0.6) is 0 Å². The van der Waals surface area contributed by atoms with Gasteiger partial charge in [0.1, 0.15) is 0 Å². The number of nitro groups is 1. The minimum Gasteiger partial charge on any atom is -0.481 e. The van der Waals surface area contributed by atoms with E-state index >= 15 is 0 Å². The minimum atomic E-state index is -0.851. The van der Waals surface area contributed by atoms with Crippen LogP contribution < -0.4 is 5.73 Å². The summed E-state index contributed by atoms with van der Waals surface area (Å²) in [5.41, 5.74) is 5.45. The number of hydrogen-bond acceptors (Lipinski definition) is 5. The van der Waals surface area contributed by atoms with E-state index in [4.69, 9.17) is 10.8 Å². The molecule has 21 heavy (non-hydrogen) atoms. The van der Waals surface area contributed by atoms with Gasteiger partial charge in [-0.3, -0.25) is 24.6 Å². The van der Waals surface area contributed by atoms with E-state index in [1.807, 2.05) is 4.90 Å². The van der Waals surface area contributed by atoms with E-state index in [1.54, 1.807) is 0 Å². The number of nitrogens with zero attached hydrogens (tertiary/aromatic N) is 2. The molecule has 1 saturated heterocycles. The molecular weight excluding hydrogens is 278 g/mol. The maximum absolute atomic E-state index is 11.1. The van der Waals surface area contributed by atoms with E-state index in [0.29, 0.717) is 25.1 Å². The van der Waals surface area contributed by atoms with Gasteiger partial charge in [0.2, 0.25) is 5.91 Å². The van der Waals surface area contributed by atoms with Crippen molar-refractivity contribution >= 4 is 17.6 Å². The van der Waals surface area contributed by atoms with Crippen LogP contribution in [0.25, 0.3) is 0 Å². The maximum Gasteiger partial charge on any atom is 0.307 e. The lowest BCUT2D eigenvalue weighted by Crippen LogP contribution is -2.23. The third kappa shape index (κ3) is 3.34. The van der Waals surface area contributed by atoms with E-state index in [9.17, 15) is 19.7 Å². The first-order valence-electron chi connectivity index (χ1n) is 6.40. The Balaban J connectivity index is 2.18. The van der Waals surface area contributed by atoms with Crippen molar-refractivity contribution in [1.29, 1.82) is 0 Å². The molecule has 1 unspecified atom stereocenters. The standard InChI is InChI=1S/C13H15N3O5/c14-12(17)8-1-2-9(11(5-8)16(20)21)6-15-4-3-10(7-15)13(18)19/h1-2,5,10H,3-4,6-7H2,(H2,14,17)(H,18,19). The van der Waals surface area contributed by atoms with Crippen LogP contribution in [-0.2, 0) is 11.3 Å². The fraction of sp³-hybridized carbons (Fsp3) is 0.385. The van der Waals surface area contributed by atoms with Crippen LogP contribution in [0.3, 0.4) is 0 Å². The number of aliphatic carboxylic acids is 1. The molecule has 1 aromatic carbocycles. The summed E-state index contributed by atoms with van der Waals surface area (Å²) in [6.45, 7) is 1.22. The van der Waals surface area contributed by atoms with Crippen LogP contribution in [0, 0.1) is 16.0 Å². The van der Waals surface area contributed by atoms with Crippen molar-refractivity contribution in [3.63, 3.8) is 0 Å². The molecule has 2 rings (SSSR count). The van der Waals surface area contributed by atoms with Gasteiger partial charge in [-0.2, -0.15) is 0 Å². The summed E-state index contributed by atoms with van der Waals surface area (Å²) in [5.74, 6) is -2.01. The highest BCUT2D eigenvalue weighted by Gasteiger charge is 2.29. The second kappa shape index (κ2) is 5.88. The first kappa shape index (κ1) is 14.9. The molecule has 0 saturated carbocycles. The molecule has 1 aliphatic heterocycles. The quantitative estimate of drug-likeness (QED) is 0.604. The van der Waals surface area contributed by atoms with Crippen LogP contribution in [0.1, 0.15) is 22.3 Å². The third-order valence-electron chi connectivity index (χ3n) is 3.58. The van der Waals surface area contributed by atoms with E-state index in [1.165, 1.54) is 12.1 Å². The Morgan fingerprint density at radius 1 is 1.48 bits per heavy atom. The van der Waals surface area contributed by atoms with Crippen LogP contribution in [-0.4, -0.2) is 39.9 Å². The minimum absolute atomic E-state index is 0.0790. The van der Waals surface area contributed by atoms with Crippen molar-refractivity contribution in [2.24, 2.45) is 11.7 Å². The van der Waals surface area contributed by atoms with Crippen molar-refractivity contribution in [1.82, 2.24) is 4.90 Å². The van der Waals surface area contributed by atoms with Gasteiger partial charge in [0, 0.05) is 30.3 Å². The number of nitrogens with two attached hydrogens (primary N) is 1. The topological polar surface area (TPSA) is 127 Å². The summed E-state index contributed by atoms with van der Waals surface area (Å²) in [6.07, 6.45) is 0.530. The fourth-order valence-corrected chi connectivity index (χ4v) is 2.44. The number of amides is 1. The number of nitro benzene ring substituents is 1. The molecule has 1 heterocycles. The summed E-state index contributed by atoms with van der Waals surface area (Å²) in [4.78, 5) is 34.4. The molecule has 1 aromatic rings. The normalized spacial score (nSPS) is 18.6. The molecule has 1 atom stereocenters. The molecule has 0 spiro atoms. The van der Waals surface area contributed by atoms with E-state index in [0.717, 1.165) is 6.07 Å². The van der Waals surface area contributed by atoms with Crippen LogP contribution in [0.2, 0.25) is 0 Å². The van der Waals surface area contributed by atoms with Crippen molar-refractivity contribution in [3.05, 3.63) is 39.4 Å². The van der Waals surface area contributed by atoms with Gasteiger partial charge in [-0.15, -0.1) is 0 Å². The lowest BCUT2D eigenvalue weighted by molar-refractivity contribution is -0.385. The Bertz CT molecular complexity index is 601. The number of carbonyl (C=O) groups excluding carboxylic acids is 1. The fourth-order valence-electron chi connectivity index (χ4n) is 2.44. The van der Waals surface area contributed by atoms with E-state index < -0.39 is 22.7 Å². The van der Waals surface area contributed by atoms with Gasteiger partial charge in [0.05, 0.1) is 10.8 Å². The number of carbonyl (C=O) groups is 2. The molecule has 8 nitrogen and oxygen atoms in total. The molecule has 0 bridgehead atoms. The Labute approximate surface area is 120 Å². The van der Waals surface area contributed by atoms with Crippen molar-refractivity contribution < 1.29 is 19.6 Å². The Hall–Kier alpha value is -2.48. The number of likely N-dealkylation sites (tertiary alicyclic amines) is 1. The summed E-state index contributed by atoms with van der Waals surface area (Å²) < 4.78 is 0. The van der Waals surface area contributed by atoms with Gasteiger partial charge in [0.15, 0.2) is 0 Å². The largest absolute Gasteiger partial charge is 0.481 e. The lowest BCUT2D eigenvalue weighted by Gasteiger charge is -2.15. The number of benzene rings is 1. The highest BCUT2D eigenvalue weighted by atomic mass is 16.6. The van der Waals surface area contributed by atoms with Gasteiger partial charge in [0.25, 0.3) is 5.69 Å². The summed E-state index contributed by atoms with van der Waals surface area (Å²) in [7, 11) is 0. The molecule has 8 heteroatoms. The molecule has 1 aliphatic rings. The smallest absolute Gasteiger partial charge is 0.307 e. The van der Waals surface area contributed by atoms with Crippen molar-refractivity contribution in [2.45, 2.75) is 13.0 Å². The summed E-state index contributed by atoms with van der Waals surface area (Å²) in [6, 6.07) is 4.09. The molecular formula is C13H15N3O5. The van der Waals surface area contributed by atoms with Gasteiger partial charge < -0.3 is 10.8 Å². The summed E-state index contributed by atoms with van der Waals surface area (Å²) >= 11 is 0.